The number of aliphatic carboxylic acids is 1. The standard InChI is InChI=1S/C13H15NO2/c1-9-13(2,8-12(15)16)10-6-4-5-7-11(10)14(9)3/h4-7H,8H2,1-3H3/p+1/t13-/m1/s1. The summed E-state index contributed by atoms with van der Waals surface area (Å²) in [7, 11) is 1.99. The Balaban J connectivity index is 2.60. The van der Waals surface area contributed by atoms with Gasteiger partial charge in [0.05, 0.1) is 11.8 Å². The first-order valence-electron chi connectivity index (χ1n) is 5.36. The molecule has 0 saturated carbocycles. The molecule has 1 aliphatic heterocycles. The summed E-state index contributed by atoms with van der Waals surface area (Å²) in [5.74, 6) is -0.757. The van der Waals surface area contributed by atoms with Crippen LogP contribution in [0, 0.1) is 0 Å². The molecule has 1 N–H and O–H groups in total. The third kappa shape index (κ3) is 1.35. The maximum Gasteiger partial charge on any atom is 0.304 e. The Morgan fingerprint density at radius 1 is 1.44 bits per heavy atom. The zero-order chi connectivity index (χ0) is 11.9. The second kappa shape index (κ2) is 3.44. The van der Waals surface area contributed by atoms with Crippen LogP contribution in [0.25, 0.3) is 0 Å². The van der Waals surface area contributed by atoms with Gasteiger partial charge in [-0.15, -0.1) is 0 Å². The zero-order valence-electron chi connectivity index (χ0n) is 9.82. The molecule has 0 spiro atoms. The summed E-state index contributed by atoms with van der Waals surface area (Å²) in [6.45, 7) is 4.00. The number of carboxylic acids is 1. The molecular formula is C13H16NO2+. The van der Waals surface area contributed by atoms with Crippen molar-refractivity contribution in [1.29, 1.82) is 0 Å². The van der Waals surface area contributed by atoms with Gasteiger partial charge in [-0.25, -0.2) is 4.58 Å². The van der Waals surface area contributed by atoms with Gasteiger partial charge in [-0.1, -0.05) is 18.2 Å². The highest BCUT2D eigenvalue weighted by Crippen LogP contribution is 2.41. The van der Waals surface area contributed by atoms with Crippen molar-refractivity contribution in [3.05, 3.63) is 29.8 Å². The second-order valence-electron chi connectivity index (χ2n) is 4.56. The zero-order valence-corrected chi connectivity index (χ0v) is 9.82. The number of fused-ring (bicyclic) bond motifs is 1. The minimum atomic E-state index is -0.757. The molecule has 1 aliphatic rings. The van der Waals surface area contributed by atoms with Crippen LogP contribution >= 0.6 is 0 Å². The predicted octanol–water partition coefficient (Wildman–Crippen LogP) is 2.17. The van der Waals surface area contributed by atoms with Crippen LogP contribution in [0.2, 0.25) is 0 Å². The molecule has 2 rings (SSSR count). The largest absolute Gasteiger partial charge is 0.481 e. The lowest BCUT2D eigenvalue weighted by molar-refractivity contribution is -0.403. The molecule has 0 radical (unpaired) electrons. The van der Waals surface area contributed by atoms with E-state index >= 15 is 0 Å². The van der Waals surface area contributed by atoms with Crippen LogP contribution in [-0.2, 0) is 10.2 Å². The molecule has 3 nitrogen and oxygen atoms in total. The van der Waals surface area contributed by atoms with Gasteiger partial charge in [0.2, 0.25) is 5.69 Å². The lowest BCUT2D eigenvalue weighted by Crippen LogP contribution is -2.32. The molecule has 1 atom stereocenters. The van der Waals surface area contributed by atoms with Crippen LogP contribution in [0.1, 0.15) is 25.8 Å². The summed E-state index contributed by atoms with van der Waals surface area (Å²) < 4.78 is 2.08. The highest BCUT2D eigenvalue weighted by Gasteiger charge is 2.46. The highest BCUT2D eigenvalue weighted by atomic mass is 16.4. The summed E-state index contributed by atoms with van der Waals surface area (Å²) in [6.07, 6.45) is 0.139. The van der Waals surface area contributed by atoms with Crippen molar-refractivity contribution in [3.8, 4) is 0 Å². The van der Waals surface area contributed by atoms with Crippen LogP contribution in [0.5, 0.6) is 0 Å². The minimum Gasteiger partial charge on any atom is -0.481 e. The van der Waals surface area contributed by atoms with E-state index in [2.05, 4.69) is 4.58 Å². The normalized spacial score (nSPS) is 23.4. The first-order valence-corrected chi connectivity index (χ1v) is 5.36. The molecule has 1 heterocycles. The maximum atomic E-state index is 11.0. The third-order valence-electron chi connectivity index (χ3n) is 3.67. The van der Waals surface area contributed by atoms with E-state index in [9.17, 15) is 4.79 Å². The molecule has 3 heteroatoms. The molecule has 0 aliphatic carbocycles. The molecule has 1 aromatic carbocycles. The number of rotatable bonds is 2. The molecular weight excluding hydrogens is 202 g/mol. The van der Waals surface area contributed by atoms with Crippen molar-refractivity contribution in [1.82, 2.24) is 0 Å². The van der Waals surface area contributed by atoms with Gasteiger partial charge in [-0.3, -0.25) is 4.79 Å². The number of hydrogen-bond donors (Lipinski definition) is 1. The summed E-state index contributed by atoms with van der Waals surface area (Å²) in [5.41, 5.74) is 2.94. The molecule has 0 fully saturated rings. The third-order valence-corrected chi connectivity index (χ3v) is 3.67. The van der Waals surface area contributed by atoms with E-state index in [1.54, 1.807) is 0 Å². The van der Waals surface area contributed by atoms with Gasteiger partial charge in [0, 0.05) is 18.6 Å². The SMILES string of the molecule is CC1=[N+](C)c2ccccc2[C@]1(C)CC(=O)O. The van der Waals surface area contributed by atoms with Crippen LogP contribution < -0.4 is 0 Å². The fraction of sp³-hybridized carbons (Fsp3) is 0.385. The van der Waals surface area contributed by atoms with Gasteiger partial charge in [-0.2, -0.15) is 0 Å². The van der Waals surface area contributed by atoms with Crippen LogP contribution in [0.15, 0.2) is 24.3 Å². The molecule has 0 bridgehead atoms. The fourth-order valence-electron chi connectivity index (χ4n) is 2.50. The van der Waals surface area contributed by atoms with Crippen molar-refractivity contribution in [3.63, 3.8) is 0 Å². The summed E-state index contributed by atoms with van der Waals surface area (Å²) in [6, 6.07) is 8.00. The summed E-state index contributed by atoms with van der Waals surface area (Å²) in [4.78, 5) is 11.0. The molecule has 0 amide bonds. The molecule has 1 aromatic rings. The van der Waals surface area contributed by atoms with Crippen LogP contribution in [0.3, 0.4) is 0 Å². The molecule has 16 heavy (non-hydrogen) atoms. The number of benzene rings is 1. The van der Waals surface area contributed by atoms with E-state index in [0.717, 1.165) is 17.0 Å². The van der Waals surface area contributed by atoms with E-state index < -0.39 is 5.97 Å². The van der Waals surface area contributed by atoms with Gasteiger partial charge >= 0.3 is 5.97 Å². The van der Waals surface area contributed by atoms with Gasteiger partial charge in [0.15, 0.2) is 5.71 Å². The smallest absolute Gasteiger partial charge is 0.304 e. The first kappa shape index (κ1) is 10.9. The van der Waals surface area contributed by atoms with E-state index in [4.69, 9.17) is 5.11 Å². The van der Waals surface area contributed by atoms with Crippen LogP contribution in [-0.4, -0.2) is 28.4 Å². The lowest BCUT2D eigenvalue weighted by Gasteiger charge is -2.19. The van der Waals surface area contributed by atoms with E-state index in [0.29, 0.717) is 0 Å². The Labute approximate surface area is 95.0 Å². The number of carbonyl (C=O) groups is 1. The number of carboxylic acid groups (broad SMARTS) is 1. The predicted molar refractivity (Wildman–Crippen MR) is 62.6 cm³/mol. The summed E-state index contributed by atoms with van der Waals surface area (Å²) in [5, 5.41) is 9.04. The Kier molecular flexibility index (Phi) is 2.34. The number of hydrogen-bond acceptors (Lipinski definition) is 1. The monoisotopic (exact) mass is 218 g/mol. The average Bonchev–Trinajstić information content (AvgIpc) is 2.42. The molecule has 0 unspecified atom stereocenters. The summed E-state index contributed by atoms with van der Waals surface area (Å²) >= 11 is 0. The van der Waals surface area contributed by atoms with Gasteiger partial charge < -0.3 is 5.11 Å². The average molecular weight is 218 g/mol. The molecule has 0 saturated heterocycles. The van der Waals surface area contributed by atoms with Crippen LogP contribution in [0.4, 0.5) is 5.69 Å². The Morgan fingerprint density at radius 3 is 2.69 bits per heavy atom. The maximum absolute atomic E-state index is 11.0. The molecule has 84 valence electrons. The topological polar surface area (TPSA) is 40.3 Å². The quantitative estimate of drug-likeness (QED) is 0.773. The van der Waals surface area contributed by atoms with Crippen molar-refractivity contribution in [2.75, 3.05) is 7.05 Å². The van der Waals surface area contributed by atoms with Crippen molar-refractivity contribution >= 4 is 17.4 Å². The van der Waals surface area contributed by atoms with Gasteiger partial charge in [0.25, 0.3) is 0 Å². The number of para-hydroxylation sites is 1. The lowest BCUT2D eigenvalue weighted by atomic mass is 9.77. The van der Waals surface area contributed by atoms with E-state index in [-0.39, 0.29) is 11.8 Å². The van der Waals surface area contributed by atoms with Gasteiger partial charge in [0.1, 0.15) is 7.05 Å². The first-order chi connectivity index (χ1) is 7.47. The van der Waals surface area contributed by atoms with E-state index in [1.165, 1.54) is 0 Å². The highest BCUT2D eigenvalue weighted by molar-refractivity contribution is 5.96. The van der Waals surface area contributed by atoms with Gasteiger partial charge in [-0.05, 0) is 6.92 Å². The Hall–Kier alpha value is -1.64. The Morgan fingerprint density at radius 2 is 2.06 bits per heavy atom. The van der Waals surface area contributed by atoms with E-state index in [1.807, 2.05) is 45.2 Å². The van der Waals surface area contributed by atoms with Crippen molar-refractivity contribution < 1.29 is 14.5 Å². The van der Waals surface area contributed by atoms with Crippen molar-refractivity contribution in [2.45, 2.75) is 25.7 Å². The van der Waals surface area contributed by atoms with Crippen molar-refractivity contribution in [2.24, 2.45) is 0 Å². The fourth-order valence-corrected chi connectivity index (χ4v) is 2.50. The number of nitrogens with zero attached hydrogens (tertiary/aromatic N) is 1. The Bertz CT molecular complexity index is 490. The second-order valence-corrected chi connectivity index (χ2v) is 4.56. The minimum absolute atomic E-state index is 0.139. The molecule has 0 aromatic heterocycles.